The van der Waals surface area contributed by atoms with Crippen molar-refractivity contribution in [1.29, 1.82) is 0 Å². The Labute approximate surface area is 143 Å². The van der Waals surface area contributed by atoms with E-state index in [1.807, 2.05) is 43.3 Å². The SMILES string of the molecule is CC1c2cccc3c2c2c(c4ccc5ccccc5c43)=NS(=O)(=O)[N+]=21. The molecule has 120 valence electrons. The van der Waals surface area contributed by atoms with E-state index in [4.69, 9.17) is 0 Å². The molecule has 0 fully saturated rings. The smallest absolute Gasteiger partial charge is 0.141 e. The van der Waals surface area contributed by atoms with Crippen LogP contribution >= 0.6 is 0 Å². The highest BCUT2D eigenvalue weighted by Gasteiger charge is 2.44. The average Bonchev–Trinajstić information content (AvgIpc) is 3.08. The van der Waals surface area contributed by atoms with E-state index in [9.17, 15) is 8.42 Å². The second-order valence-corrected chi connectivity index (χ2v) is 8.19. The zero-order valence-corrected chi connectivity index (χ0v) is 14.2. The first-order chi connectivity index (χ1) is 12.1. The minimum absolute atomic E-state index is 0.225. The molecule has 0 amide bonds. The van der Waals surface area contributed by atoms with E-state index in [0.717, 1.165) is 43.2 Å². The van der Waals surface area contributed by atoms with E-state index in [1.54, 1.807) is 0 Å². The standard InChI is InChI=1S/C20H13N2O2S/c1-11-13-7-4-8-15-17-14-6-3-2-5-12(14)9-10-16(17)19-20(18(13)15)22(11)25(23,24)21-19/h2-11H,1H3/q+1. The van der Waals surface area contributed by atoms with Gasteiger partial charge in [-0.05, 0) is 16.2 Å². The molecule has 4 nitrogen and oxygen atoms in total. The third kappa shape index (κ3) is 1.42. The van der Waals surface area contributed by atoms with Crippen molar-refractivity contribution >= 4 is 42.5 Å². The fraction of sp³-hybridized carbons (Fsp3) is 0.100. The van der Waals surface area contributed by atoms with Gasteiger partial charge in [0.05, 0.1) is 5.39 Å². The zero-order chi connectivity index (χ0) is 16.9. The van der Waals surface area contributed by atoms with Crippen molar-refractivity contribution in [3.05, 3.63) is 70.9 Å². The molecule has 0 N–H and O–H groups in total. The van der Waals surface area contributed by atoms with E-state index in [-0.39, 0.29) is 6.04 Å². The van der Waals surface area contributed by atoms with Crippen molar-refractivity contribution in [2.45, 2.75) is 13.0 Å². The lowest BCUT2D eigenvalue weighted by Crippen LogP contribution is -2.33. The Bertz CT molecular complexity index is 1520. The van der Waals surface area contributed by atoms with Gasteiger partial charge in [-0.25, -0.2) is 0 Å². The van der Waals surface area contributed by atoms with Crippen LogP contribution in [0.2, 0.25) is 0 Å². The fourth-order valence-corrected chi connectivity index (χ4v) is 5.92. The molecule has 0 aromatic heterocycles. The average molecular weight is 345 g/mol. The van der Waals surface area contributed by atoms with Gasteiger partial charge in [0.25, 0.3) is 5.36 Å². The maximum absolute atomic E-state index is 12.7. The molecule has 2 aliphatic heterocycles. The van der Waals surface area contributed by atoms with Crippen LogP contribution in [-0.2, 0) is 10.2 Å². The number of nitrogens with zero attached hydrogens (tertiary/aromatic N) is 2. The topological polar surface area (TPSA) is 49.5 Å². The first-order valence-corrected chi connectivity index (χ1v) is 9.65. The monoisotopic (exact) mass is 345 g/mol. The summed E-state index contributed by atoms with van der Waals surface area (Å²) in [7, 11) is -3.68. The van der Waals surface area contributed by atoms with Crippen molar-refractivity contribution in [1.82, 2.24) is 3.98 Å². The van der Waals surface area contributed by atoms with Gasteiger partial charge in [-0.1, -0.05) is 63.0 Å². The van der Waals surface area contributed by atoms with E-state index in [2.05, 4.69) is 22.6 Å². The first-order valence-electron chi connectivity index (χ1n) is 8.25. The normalized spacial score (nSPS) is 19.9. The molecule has 2 aliphatic rings. The number of hydrogen-bond acceptors (Lipinski definition) is 2. The van der Waals surface area contributed by atoms with Crippen molar-refractivity contribution < 1.29 is 8.42 Å². The quantitative estimate of drug-likeness (QED) is 0.363. The summed E-state index contributed by atoms with van der Waals surface area (Å²) in [6.07, 6.45) is 0. The Morgan fingerprint density at radius 3 is 2.56 bits per heavy atom. The minimum Gasteiger partial charge on any atom is -0.141 e. The van der Waals surface area contributed by atoms with Crippen molar-refractivity contribution in [3.63, 3.8) is 0 Å². The third-order valence-electron chi connectivity index (χ3n) is 5.49. The van der Waals surface area contributed by atoms with Gasteiger partial charge in [-0.2, -0.15) is 0 Å². The van der Waals surface area contributed by atoms with Gasteiger partial charge >= 0.3 is 10.2 Å². The Balaban J connectivity index is 2.11. The molecule has 0 radical (unpaired) electrons. The van der Waals surface area contributed by atoms with Crippen molar-refractivity contribution in [2.24, 2.45) is 4.40 Å². The van der Waals surface area contributed by atoms with Crippen LogP contribution in [0, 0.1) is 0 Å². The molecule has 25 heavy (non-hydrogen) atoms. The summed E-state index contributed by atoms with van der Waals surface area (Å²) in [6.45, 7) is 1.93. The van der Waals surface area contributed by atoms with Crippen LogP contribution < -0.4 is 14.7 Å². The maximum Gasteiger partial charge on any atom is 0.488 e. The molecule has 0 saturated heterocycles. The molecule has 1 unspecified atom stereocenters. The Kier molecular flexibility index (Phi) is 2.19. The van der Waals surface area contributed by atoms with E-state index in [0.29, 0.717) is 5.36 Å². The summed E-state index contributed by atoms with van der Waals surface area (Å²) in [5.41, 5.74) is 1.06. The highest BCUT2D eigenvalue weighted by molar-refractivity contribution is 7.88. The minimum atomic E-state index is -3.68. The van der Waals surface area contributed by atoms with Gasteiger partial charge < -0.3 is 0 Å². The van der Waals surface area contributed by atoms with Crippen LogP contribution in [0.4, 0.5) is 0 Å². The molecule has 0 saturated carbocycles. The second-order valence-electron chi connectivity index (χ2n) is 6.72. The largest absolute Gasteiger partial charge is 0.488 e. The summed E-state index contributed by atoms with van der Waals surface area (Å²) in [4.78, 5) is 0. The molecule has 4 aromatic carbocycles. The summed E-state index contributed by atoms with van der Waals surface area (Å²) in [5, 5.41) is 7.73. The van der Waals surface area contributed by atoms with E-state index < -0.39 is 10.2 Å². The molecule has 2 heterocycles. The van der Waals surface area contributed by atoms with E-state index >= 15 is 0 Å². The lowest BCUT2D eigenvalue weighted by Gasteiger charge is -2.08. The Morgan fingerprint density at radius 2 is 1.68 bits per heavy atom. The maximum atomic E-state index is 12.7. The van der Waals surface area contributed by atoms with Crippen molar-refractivity contribution in [3.8, 4) is 0 Å². The zero-order valence-electron chi connectivity index (χ0n) is 13.4. The summed E-state index contributed by atoms with van der Waals surface area (Å²) in [6, 6.07) is 18.2. The van der Waals surface area contributed by atoms with Crippen LogP contribution in [0.25, 0.3) is 32.3 Å². The van der Waals surface area contributed by atoms with Crippen LogP contribution in [0.3, 0.4) is 0 Å². The molecule has 5 heteroatoms. The van der Waals surface area contributed by atoms with Gasteiger partial charge in [0.15, 0.2) is 11.4 Å². The number of fused-ring (bicyclic) bond motifs is 5. The summed E-state index contributed by atoms with van der Waals surface area (Å²) < 4.78 is 31.0. The van der Waals surface area contributed by atoms with E-state index in [1.165, 1.54) is 3.98 Å². The third-order valence-corrected chi connectivity index (χ3v) is 6.90. The van der Waals surface area contributed by atoms with Crippen LogP contribution in [0.15, 0.2) is 59.0 Å². The lowest BCUT2D eigenvalue weighted by molar-refractivity contribution is 0.550. The molecule has 4 aromatic rings. The fourth-order valence-electron chi connectivity index (χ4n) is 4.50. The first kappa shape index (κ1) is 13.5. The van der Waals surface area contributed by atoms with Gasteiger partial charge in [0.2, 0.25) is 0 Å². The molecule has 1 atom stereocenters. The summed E-state index contributed by atoms with van der Waals surface area (Å²) in [5.74, 6) is 0. The Hall–Kier alpha value is -2.79. The molecule has 0 aliphatic carbocycles. The Morgan fingerprint density at radius 1 is 0.880 bits per heavy atom. The van der Waals surface area contributed by atoms with Gasteiger partial charge in [0.1, 0.15) is 0 Å². The van der Waals surface area contributed by atoms with Gasteiger partial charge in [0, 0.05) is 23.3 Å². The molecular formula is C20H13N2O2S+. The number of hydrogen-bond donors (Lipinski definition) is 0. The number of rotatable bonds is 0. The summed E-state index contributed by atoms with van der Waals surface area (Å²) >= 11 is 0. The predicted octanol–water partition coefficient (Wildman–Crippen LogP) is 2.59. The van der Waals surface area contributed by atoms with Gasteiger partial charge in [-0.3, -0.25) is 0 Å². The lowest BCUT2D eigenvalue weighted by atomic mass is 9.93. The second kappa shape index (κ2) is 4.06. The van der Waals surface area contributed by atoms with Crippen LogP contribution in [0.5, 0.6) is 0 Å². The highest BCUT2D eigenvalue weighted by atomic mass is 32.2. The van der Waals surface area contributed by atoms with Crippen LogP contribution in [0.1, 0.15) is 18.5 Å². The highest BCUT2D eigenvalue weighted by Crippen LogP contribution is 2.35. The molecular weight excluding hydrogens is 332 g/mol. The molecule has 0 spiro atoms. The predicted molar refractivity (Wildman–Crippen MR) is 98.3 cm³/mol. The number of benzene rings is 4. The molecule has 0 bridgehead atoms. The van der Waals surface area contributed by atoms with Gasteiger partial charge in [-0.15, -0.1) is 8.42 Å². The van der Waals surface area contributed by atoms with Crippen molar-refractivity contribution in [2.75, 3.05) is 0 Å². The molecule has 6 rings (SSSR count). The van der Waals surface area contributed by atoms with Crippen LogP contribution in [-0.4, -0.2) is 8.42 Å².